The van der Waals surface area contributed by atoms with Crippen molar-refractivity contribution in [1.82, 2.24) is 0 Å². The molecule has 0 saturated carbocycles. The molecule has 0 aliphatic heterocycles. The lowest BCUT2D eigenvalue weighted by molar-refractivity contribution is 0.950. The predicted octanol–water partition coefficient (Wildman–Crippen LogP) is 1.73. The van der Waals surface area contributed by atoms with Crippen LogP contribution in [0, 0.1) is 11.8 Å². The molecule has 1 aliphatic carbocycles. The molecule has 0 fully saturated rings. The van der Waals surface area contributed by atoms with Crippen LogP contribution in [-0.2, 0) is 0 Å². The van der Waals surface area contributed by atoms with E-state index in [9.17, 15) is 0 Å². The Morgan fingerprint density at radius 3 is 2.57 bits per heavy atom. The summed E-state index contributed by atoms with van der Waals surface area (Å²) in [7, 11) is 0. The zero-order chi connectivity index (χ0) is 5.11. The van der Waals surface area contributed by atoms with E-state index in [1.54, 1.807) is 0 Å². The molecule has 0 atom stereocenters. The van der Waals surface area contributed by atoms with Gasteiger partial charge in [-0.25, -0.2) is 0 Å². The maximum Gasteiger partial charge on any atom is 0.0296 e. The van der Waals surface area contributed by atoms with Gasteiger partial charge < -0.3 is 0 Å². The molecule has 0 bridgehead atoms. The van der Waals surface area contributed by atoms with Crippen LogP contribution in [0.5, 0.6) is 0 Å². The molecule has 1 rings (SSSR count). The third kappa shape index (κ3) is 1.08. The first-order valence-electron chi connectivity index (χ1n) is 2.52. The van der Waals surface area contributed by atoms with E-state index < -0.39 is 0 Å². The molecular formula is C7H8. The molecule has 0 aromatic heterocycles. The van der Waals surface area contributed by atoms with Gasteiger partial charge in [0.1, 0.15) is 0 Å². The lowest BCUT2D eigenvalue weighted by Gasteiger charge is -1.99. The fourth-order valence-electron chi connectivity index (χ4n) is 0.604. The van der Waals surface area contributed by atoms with Gasteiger partial charge in [0.15, 0.2) is 0 Å². The van der Waals surface area contributed by atoms with Gasteiger partial charge in [0.05, 0.1) is 0 Å². The maximum atomic E-state index is 3.81. The topological polar surface area (TPSA) is 0 Å². The molecular weight excluding hydrogens is 84.1 g/mol. The van der Waals surface area contributed by atoms with Crippen molar-refractivity contribution < 1.29 is 0 Å². The summed E-state index contributed by atoms with van der Waals surface area (Å²) in [5.74, 6) is 5.99. The molecule has 0 saturated heterocycles. The predicted molar refractivity (Wildman–Crippen MR) is 30.8 cm³/mol. The Labute approximate surface area is 44.2 Å². The molecule has 0 aromatic carbocycles. The fraction of sp³-hybridized carbons (Fsp3) is 0.429. The highest BCUT2D eigenvalue weighted by molar-refractivity contribution is 5.16. The number of rotatable bonds is 0. The Bertz CT molecular complexity index is 132. The van der Waals surface area contributed by atoms with Gasteiger partial charge in [-0.1, -0.05) is 18.1 Å². The molecule has 0 N–H and O–H groups in total. The van der Waals surface area contributed by atoms with Crippen molar-refractivity contribution in [2.24, 2.45) is 0 Å². The van der Waals surface area contributed by atoms with Crippen molar-refractivity contribution in [3.05, 3.63) is 12.2 Å². The van der Waals surface area contributed by atoms with Crippen LogP contribution in [0.2, 0.25) is 0 Å². The minimum atomic E-state index is 0.931. The minimum Gasteiger partial charge on any atom is -0.103 e. The van der Waals surface area contributed by atoms with Crippen LogP contribution in [0.1, 0.15) is 19.3 Å². The zero-order valence-corrected chi connectivity index (χ0v) is 4.33. The zero-order valence-electron chi connectivity index (χ0n) is 4.33. The van der Waals surface area contributed by atoms with Crippen LogP contribution in [-0.4, -0.2) is 0 Å². The van der Waals surface area contributed by atoms with Crippen molar-refractivity contribution in [2.45, 2.75) is 19.3 Å². The quantitative estimate of drug-likeness (QED) is 0.315. The molecule has 0 nitrogen and oxygen atoms in total. The molecule has 7 heavy (non-hydrogen) atoms. The van der Waals surface area contributed by atoms with E-state index >= 15 is 0 Å². The third-order valence-electron chi connectivity index (χ3n) is 1.07. The Morgan fingerprint density at radius 2 is 2.29 bits per heavy atom. The van der Waals surface area contributed by atoms with Crippen molar-refractivity contribution in [3.8, 4) is 11.8 Å². The average Bonchev–Trinajstić information content (AvgIpc) is 1.69. The lowest BCUT2D eigenvalue weighted by atomic mass is 10.1. The molecule has 0 unspecified atom stereocenters. The molecule has 1 aliphatic rings. The van der Waals surface area contributed by atoms with E-state index in [4.69, 9.17) is 0 Å². The highest BCUT2D eigenvalue weighted by Crippen LogP contribution is 2.08. The van der Waals surface area contributed by atoms with Crippen LogP contribution in [0.15, 0.2) is 12.2 Å². The first kappa shape index (κ1) is 4.46. The van der Waals surface area contributed by atoms with E-state index in [0.717, 1.165) is 19.3 Å². The molecule has 0 amide bonds. The van der Waals surface area contributed by atoms with Crippen LogP contribution < -0.4 is 0 Å². The van der Waals surface area contributed by atoms with Crippen molar-refractivity contribution in [1.29, 1.82) is 0 Å². The van der Waals surface area contributed by atoms with E-state index in [1.807, 2.05) is 0 Å². The van der Waals surface area contributed by atoms with Gasteiger partial charge in [-0.2, -0.15) is 0 Å². The first-order chi connectivity index (χ1) is 3.39. The van der Waals surface area contributed by atoms with Gasteiger partial charge in [-0.05, 0) is 6.42 Å². The summed E-state index contributed by atoms with van der Waals surface area (Å²) in [6.45, 7) is 3.81. The van der Waals surface area contributed by atoms with Crippen LogP contribution in [0.3, 0.4) is 0 Å². The summed E-state index contributed by atoms with van der Waals surface area (Å²) in [4.78, 5) is 0. The molecule has 0 heteroatoms. The van der Waals surface area contributed by atoms with Crippen molar-refractivity contribution >= 4 is 0 Å². The van der Waals surface area contributed by atoms with Crippen LogP contribution >= 0.6 is 0 Å². The molecule has 0 aromatic rings. The van der Waals surface area contributed by atoms with Gasteiger partial charge in [0.2, 0.25) is 0 Å². The highest BCUT2D eigenvalue weighted by atomic mass is 14.0. The second kappa shape index (κ2) is 1.84. The SMILES string of the molecule is C=C1CC#CCC1. The molecule has 0 spiro atoms. The molecule has 0 radical (unpaired) electrons. The van der Waals surface area contributed by atoms with E-state index in [1.165, 1.54) is 5.57 Å². The molecule has 0 heterocycles. The summed E-state index contributed by atoms with van der Waals surface area (Å²) in [6.07, 6.45) is 3.08. The highest BCUT2D eigenvalue weighted by Gasteiger charge is 1.92. The number of hydrogen-bond acceptors (Lipinski definition) is 0. The van der Waals surface area contributed by atoms with Gasteiger partial charge in [0.25, 0.3) is 0 Å². The Morgan fingerprint density at radius 1 is 1.43 bits per heavy atom. The Balaban J connectivity index is 2.55. The lowest BCUT2D eigenvalue weighted by Crippen LogP contribution is -1.83. The Kier molecular flexibility index (Phi) is 1.17. The van der Waals surface area contributed by atoms with Gasteiger partial charge >= 0.3 is 0 Å². The van der Waals surface area contributed by atoms with E-state index in [2.05, 4.69) is 18.4 Å². The number of allylic oxidation sites excluding steroid dienone is 1. The van der Waals surface area contributed by atoms with Crippen molar-refractivity contribution in [2.75, 3.05) is 0 Å². The van der Waals surface area contributed by atoms with Gasteiger partial charge in [-0.15, -0.1) is 5.92 Å². The standard InChI is InChI=1S/C7H8/c1-7-5-3-2-4-6-7/h1,3,5-6H2. The Hall–Kier alpha value is -0.700. The first-order valence-corrected chi connectivity index (χ1v) is 2.52. The van der Waals surface area contributed by atoms with E-state index in [0.29, 0.717) is 0 Å². The monoisotopic (exact) mass is 92.1 g/mol. The summed E-state index contributed by atoms with van der Waals surface area (Å²) in [5.41, 5.74) is 1.29. The number of hydrogen-bond donors (Lipinski definition) is 0. The summed E-state index contributed by atoms with van der Waals surface area (Å²) in [6, 6.07) is 0. The fourth-order valence-corrected chi connectivity index (χ4v) is 0.604. The van der Waals surface area contributed by atoms with E-state index in [-0.39, 0.29) is 0 Å². The van der Waals surface area contributed by atoms with Gasteiger partial charge in [0, 0.05) is 12.8 Å². The summed E-state index contributed by atoms with van der Waals surface area (Å²) in [5, 5.41) is 0. The minimum absolute atomic E-state index is 0.931. The smallest absolute Gasteiger partial charge is 0.0296 e. The molecule has 36 valence electrons. The van der Waals surface area contributed by atoms with Crippen molar-refractivity contribution in [3.63, 3.8) is 0 Å². The van der Waals surface area contributed by atoms with Crippen LogP contribution in [0.4, 0.5) is 0 Å². The normalized spacial score (nSPS) is 18.0. The second-order valence-electron chi connectivity index (χ2n) is 1.78. The maximum absolute atomic E-state index is 3.81. The average molecular weight is 92.1 g/mol. The summed E-state index contributed by atoms with van der Waals surface area (Å²) < 4.78 is 0. The second-order valence-corrected chi connectivity index (χ2v) is 1.78. The third-order valence-corrected chi connectivity index (χ3v) is 1.07. The largest absolute Gasteiger partial charge is 0.103 e. The summed E-state index contributed by atoms with van der Waals surface area (Å²) >= 11 is 0. The van der Waals surface area contributed by atoms with Gasteiger partial charge in [-0.3, -0.25) is 0 Å². The van der Waals surface area contributed by atoms with Crippen LogP contribution in [0.25, 0.3) is 0 Å².